The van der Waals surface area contributed by atoms with E-state index >= 15 is 0 Å². The molecule has 0 aliphatic heterocycles. The molecule has 0 heterocycles. The highest BCUT2D eigenvalue weighted by molar-refractivity contribution is 14.1. The van der Waals surface area contributed by atoms with Crippen molar-refractivity contribution in [2.24, 2.45) is 5.73 Å². The van der Waals surface area contributed by atoms with E-state index in [1.165, 1.54) is 5.56 Å². The standard InChI is InChI=1S/C13H21INO3P/c14-16-9-5-10-17-19(11-4-8-15)18-12-13-6-2-1-3-7-13/h1-3,6-7H,4-5,8-12,15H2. The van der Waals surface area contributed by atoms with E-state index in [1.54, 1.807) is 0 Å². The maximum absolute atomic E-state index is 5.85. The van der Waals surface area contributed by atoms with Crippen LogP contribution in [0.4, 0.5) is 0 Å². The molecular formula is C13H21INO3P. The van der Waals surface area contributed by atoms with Crippen molar-refractivity contribution in [3.8, 4) is 0 Å². The van der Waals surface area contributed by atoms with Gasteiger partial charge in [-0.1, -0.05) is 30.3 Å². The topological polar surface area (TPSA) is 53.7 Å². The van der Waals surface area contributed by atoms with Gasteiger partial charge in [-0.3, -0.25) is 0 Å². The molecule has 2 N–H and O–H groups in total. The van der Waals surface area contributed by atoms with Crippen LogP contribution in [-0.4, -0.2) is 25.9 Å². The van der Waals surface area contributed by atoms with Crippen molar-refractivity contribution in [2.45, 2.75) is 19.4 Å². The predicted octanol–water partition coefficient (Wildman–Crippen LogP) is 3.64. The Bertz CT molecular complexity index is 316. The zero-order valence-corrected chi connectivity index (χ0v) is 14.0. The molecule has 6 heteroatoms. The Morgan fingerprint density at radius 3 is 2.53 bits per heavy atom. The molecule has 1 aromatic carbocycles. The normalized spacial score (nSPS) is 12.5. The molecule has 19 heavy (non-hydrogen) atoms. The van der Waals surface area contributed by atoms with Gasteiger partial charge in [0.2, 0.25) is 0 Å². The highest BCUT2D eigenvalue weighted by Gasteiger charge is 2.10. The molecule has 4 nitrogen and oxygen atoms in total. The maximum Gasteiger partial charge on any atom is 0.170 e. The Morgan fingerprint density at radius 2 is 1.84 bits per heavy atom. The van der Waals surface area contributed by atoms with Gasteiger partial charge in [0.15, 0.2) is 8.38 Å². The summed E-state index contributed by atoms with van der Waals surface area (Å²) in [6.45, 7) is 2.65. The summed E-state index contributed by atoms with van der Waals surface area (Å²) in [7, 11) is -0.845. The fourth-order valence-electron chi connectivity index (χ4n) is 1.39. The van der Waals surface area contributed by atoms with Gasteiger partial charge in [-0.25, -0.2) is 0 Å². The summed E-state index contributed by atoms with van der Waals surface area (Å²) >= 11 is 1.89. The van der Waals surface area contributed by atoms with Crippen LogP contribution in [0, 0.1) is 0 Å². The van der Waals surface area contributed by atoms with E-state index in [0.717, 1.165) is 19.0 Å². The third-order valence-corrected chi connectivity index (χ3v) is 4.37. The summed E-state index contributed by atoms with van der Waals surface area (Å²) < 4.78 is 16.6. The molecule has 1 unspecified atom stereocenters. The molecule has 1 atom stereocenters. The van der Waals surface area contributed by atoms with E-state index < -0.39 is 8.38 Å². The number of halogens is 1. The summed E-state index contributed by atoms with van der Waals surface area (Å²) in [6.07, 6.45) is 2.71. The van der Waals surface area contributed by atoms with Gasteiger partial charge in [0, 0.05) is 6.16 Å². The van der Waals surface area contributed by atoms with Crippen LogP contribution in [0.3, 0.4) is 0 Å². The van der Waals surface area contributed by atoms with Crippen LogP contribution in [0.2, 0.25) is 0 Å². The molecule has 0 bridgehead atoms. The summed E-state index contributed by atoms with van der Waals surface area (Å²) in [5, 5.41) is 0. The minimum atomic E-state index is -0.845. The van der Waals surface area contributed by atoms with Gasteiger partial charge in [-0.05, 0) is 24.9 Å². The number of hydrogen-bond acceptors (Lipinski definition) is 4. The second-order valence-corrected chi connectivity index (χ2v) is 6.21. The Balaban J connectivity index is 2.27. The van der Waals surface area contributed by atoms with Crippen molar-refractivity contribution in [3.63, 3.8) is 0 Å². The minimum Gasteiger partial charge on any atom is -0.334 e. The summed E-state index contributed by atoms with van der Waals surface area (Å²) in [4.78, 5) is 0. The molecular weight excluding hydrogens is 376 g/mol. The van der Waals surface area contributed by atoms with Gasteiger partial charge < -0.3 is 17.8 Å². The minimum absolute atomic E-state index is 0.597. The number of benzene rings is 1. The summed E-state index contributed by atoms with van der Waals surface area (Å²) in [5.74, 6) is 0. The largest absolute Gasteiger partial charge is 0.334 e. The first-order valence-electron chi connectivity index (χ1n) is 6.37. The molecule has 0 aliphatic carbocycles. The molecule has 0 amide bonds. The molecule has 1 aromatic rings. The van der Waals surface area contributed by atoms with Crippen LogP contribution in [0.5, 0.6) is 0 Å². The summed E-state index contributed by atoms with van der Waals surface area (Å²) in [5.41, 5.74) is 6.71. The highest BCUT2D eigenvalue weighted by Crippen LogP contribution is 2.39. The van der Waals surface area contributed by atoms with Crippen LogP contribution in [-0.2, 0) is 18.7 Å². The quantitative estimate of drug-likeness (QED) is 0.352. The second kappa shape index (κ2) is 12.0. The van der Waals surface area contributed by atoms with Crippen LogP contribution < -0.4 is 5.73 Å². The van der Waals surface area contributed by atoms with Crippen LogP contribution in [0.25, 0.3) is 0 Å². The zero-order chi connectivity index (χ0) is 13.8. The SMILES string of the molecule is NCCCP(OCCCOI)OCc1ccccc1. The molecule has 0 aromatic heterocycles. The molecule has 0 radical (unpaired) electrons. The van der Waals surface area contributed by atoms with Gasteiger partial charge in [-0.15, -0.1) is 0 Å². The molecule has 0 saturated carbocycles. The lowest BCUT2D eigenvalue weighted by Crippen LogP contribution is -2.04. The molecule has 1 rings (SSSR count). The lowest BCUT2D eigenvalue weighted by Gasteiger charge is -2.17. The van der Waals surface area contributed by atoms with Crippen LogP contribution in [0.15, 0.2) is 30.3 Å². The van der Waals surface area contributed by atoms with E-state index in [1.807, 2.05) is 41.2 Å². The first-order chi connectivity index (χ1) is 9.36. The second-order valence-electron chi connectivity index (χ2n) is 3.96. The van der Waals surface area contributed by atoms with Crippen molar-refractivity contribution in [2.75, 3.05) is 25.9 Å². The molecule has 108 valence electrons. The Labute approximate surface area is 130 Å². The van der Waals surface area contributed by atoms with Crippen molar-refractivity contribution in [1.29, 1.82) is 0 Å². The fourth-order valence-corrected chi connectivity index (χ4v) is 3.10. The fraction of sp³-hybridized carbons (Fsp3) is 0.538. The Kier molecular flexibility index (Phi) is 10.9. The van der Waals surface area contributed by atoms with Gasteiger partial charge in [0.05, 0.1) is 19.8 Å². The third-order valence-electron chi connectivity index (χ3n) is 2.36. The van der Waals surface area contributed by atoms with Gasteiger partial charge in [0.25, 0.3) is 0 Å². The van der Waals surface area contributed by atoms with Crippen molar-refractivity contribution in [3.05, 3.63) is 35.9 Å². The number of hydrogen-bond donors (Lipinski definition) is 1. The molecule has 0 saturated heterocycles. The van der Waals surface area contributed by atoms with Crippen LogP contribution in [0.1, 0.15) is 18.4 Å². The van der Waals surface area contributed by atoms with Gasteiger partial charge in [0.1, 0.15) is 23.0 Å². The Morgan fingerprint density at radius 1 is 1.05 bits per heavy atom. The van der Waals surface area contributed by atoms with E-state index in [4.69, 9.17) is 17.8 Å². The van der Waals surface area contributed by atoms with Crippen molar-refractivity contribution < 1.29 is 12.1 Å². The van der Waals surface area contributed by atoms with E-state index in [0.29, 0.717) is 26.4 Å². The maximum atomic E-state index is 5.85. The summed E-state index contributed by atoms with van der Waals surface area (Å²) in [6, 6.07) is 10.1. The van der Waals surface area contributed by atoms with Crippen LogP contribution >= 0.6 is 31.4 Å². The zero-order valence-electron chi connectivity index (χ0n) is 11.0. The first-order valence-corrected chi connectivity index (χ1v) is 8.62. The smallest absolute Gasteiger partial charge is 0.170 e. The Hall–Kier alpha value is 0.220. The predicted molar refractivity (Wildman–Crippen MR) is 87.2 cm³/mol. The van der Waals surface area contributed by atoms with Crippen molar-refractivity contribution in [1.82, 2.24) is 0 Å². The van der Waals surface area contributed by atoms with E-state index in [-0.39, 0.29) is 0 Å². The lowest BCUT2D eigenvalue weighted by atomic mass is 10.2. The third kappa shape index (κ3) is 8.89. The highest BCUT2D eigenvalue weighted by atomic mass is 127. The average Bonchev–Trinajstić information content (AvgIpc) is 2.46. The molecule has 0 fully saturated rings. The first kappa shape index (κ1) is 17.3. The van der Waals surface area contributed by atoms with E-state index in [2.05, 4.69) is 12.1 Å². The molecule has 0 spiro atoms. The lowest BCUT2D eigenvalue weighted by molar-refractivity contribution is 0.229. The van der Waals surface area contributed by atoms with Crippen molar-refractivity contribution >= 4 is 31.4 Å². The van der Waals surface area contributed by atoms with Gasteiger partial charge in [-0.2, -0.15) is 0 Å². The van der Waals surface area contributed by atoms with Gasteiger partial charge >= 0.3 is 0 Å². The van der Waals surface area contributed by atoms with E-state index in [9.17, 15) is 0 Å². The molecule has 0 aliphatic rings. The number of rotatable bonds is 11. The average molecular weight is 397 g/mol. The number of nitrogens with two attached hydrogens (primary N) is 1. The monoisotopic (exact) mass is 397 g/mol.